The number of ketones is 1. The molecule has 2 nitrogen and oxygen atoms in total. The van der Waals surface area contributed by atoms with E-state index < -0.39 is 23.0 Å². The second kappa shape index (κ2) is 5.57. The molecule has 0 fully saturated rings. The average molecular weight is 255 g/mol. The Morgan fingerprint density at radius 1 is 1.22 bits per heavy atom. The van der Waals surface area contributed by atoms with E-state index in [9.17, 15) is 13.6 Å². The van der Waals surface area contributed by atoms with E-state index >= 15 is 0 Å². The van der Waals surface area contributed by atoms with Crippen LogP contribution in [-0.2, 0) is 0 Å². The quantitative estimate of drug-likeness (QED) is 0.753. The molecule has 0 aliphatic heterocycles. The summed E-state index contributed by atoms with van der Waals surface area (Å²) in [5.41, 5.74) is -1.04. The van der Waals surface area contributed by atoms with Crippen LogP contribution < -0.4 is 0 Å². The van der Waals surface area contributed by atoms with Gasteiger partial charge in [0.2, 0.25) is 0 Å². The van der Waals surface area contributed by atoms with Crippen molar-refractivity contribution in [3.63, 3.8) is 0 Å². The standard InChI is InChI=1S/C14H19F2NO/c1-5-17(6-2)14(3,4)13(18)10-8-7-9-11(15)12(10)16/h7-9H,5-6H2,1-4H3. The Morgan fingerprint density at radius 3 is 2.28 bits per heavy atom. The van der Waals surface area contributed by atoms with Crippen molar-refractivity contribution < 1.29 is 13.6 Å². The number of carbonyl (C=O) groups excluding carboxylic acids is 1. The van der Waals surface area contributed by atoms with Crippen LogP contribution in [0, 0.1) is 11.6 Å². The number of Topliss-reactive ketones (excluding diaryl/α,β-unsaturated/α-hetero) is 1. The molecule has 4 heteroatoms. The lowest BCUT2D eigenvalue weighted by atomic mass is 9.91. The summed E-state index contributed by atoms with van der Waals surface area (Å²) in [7, 11) is 0. The highest BCUT2D eigenvalue weighted by Gasteiger charge is 2.35. The van der Waals surface area contributed by atoms with Gasteiger partial charge in [-0.1, -0.05) is 19.9 Å². The first-order valence-corrected chi connectivity index (χ1v) is 6.10. The van der Waals surface area contributed by atoms with Gasteiger partial charge in [0.25, 0.3) is 0 Å². The smallest absolute Gasteiger partial charge is 0.185 e. The molecule has 0 unspecified atom stereocenters. The monoisotopic (exact) mass is 255 g/mol. The van der Waals surface area contributed by atoms with Gasteiger partial charge in [0.15, 0.2) is 17.4 Å². The lowest BCUT2D eigenvalue weighted by molar-refractivity contribution is 0.0663. The van der Waals surface area contributed by atoms with Crippen LogP contribution in [0.2, 0.25) is 0 Å². The summed E-state index contributed by atoms with van der Waals surface area (Å²) in [5.74, 6) is -2.46. The molecule has 0 aromatic heterocycles. The molecule has 1 aromatic rings. The summed E-state index contributed by atoms with van der Waals surface area (Å²) in [5, 5.41) is 0. The van der Waals surface area contributed by atoms with E-state index in [-0.39, 0.29) is 5.56 Å². The predicted octanol–water partition coefficient (Wildman–Crippen LogP) is 3.27. The van der Waals surface area contributed by atoms with Gasteiger partial charge in [-0.3, -0.25) is 9.69 Å². The average Bonchev–Trinajstić information content (AvgIpc) is 2.33. The molecule has 0 saturated carbocycles. The summed E-state index contributed by atoms with van der Waals surface area (Å²) in [6.45, 7) is 8.67. The van der Waals surface area contributed by atoms with E-state index in [1.807, 2.05) is 18.7 Å². The molecule has 100 valence electrons. The van der Waals surface area contributed by atoms with Gasteiger partial charge in [-0.2, -0.15) is 0 Å². The predicted molar refractivity (Wildman–Crippen MR) is 67.7 cm³/mol. The molecule has 0 aliphatic rings. The Bertz CT molecular complexity index is 439. The molecule has 18 heavy (non-hydrogen) atoms. The summed E-state index contributed by atoms with van der Waals surface area (Å²) >= 11 is 0. The highest BCUT2D eigenvalue weighted by atomic mass is 19.2. The van der Waals surface area contributed by atoms with E-state index in [1.54, 1.807) is 13.8 Å². The zero-order valence-corrected chi connectivity index (χ0v) is 11.3. The summed E-state index contributed by atoms with van der Waals surface area (Å²) in [4.78, 5) is 14.3. The van der Waals surface area contributed by atoms with Gasteiger partial charge in [-0.15, -0.1) is 0 Å². The molecule has 0 heterocycles. The molecule has 0 N–H and O–H groups in total. The van der Waals surface area contributed by atoms with Crippen LogP contribution >= 0.6 is 0 Å². The van der Waals surface area contributed by atoms with Gasteiger partial charge < -0.3 is 0 Å². The van der Waals surface area contributed by atoms with Crippen molar-refractivity contribution in [1.29, 1.82) is 0 Å². The second-order valence-electron chi connectivity index (χ2n) is 4.66. The fourth-order valence-electron chi connectivity index (χ4n) is 2.17. The molecular formula is C14H19F2NO. The van der Waals surface area contributed by atoms with Gasteiger partial charge in [0.05, 0.1) is 11.1 Å². The maximum atomic E-state index is 13.6. The van der Waals surface area contributed by atoms with E-state index in [0.717, 1.165) is 6.07 Å². The molecule has 1 rings (SSSR count). The first-order chi connectivity index (χ1) is 8.36. The largest absolute Gasteiger partial charge is 0.292 e. The van der Waals surface area contributed by atoms with Crippen molar-refractivity contribution in [2.75, 3.05) is 13.1 Å². The van der Waals surface area contributed by atoms with Gasteiger partial charge in [-0.25, -0.2) is 8.78 Å². The molecule has 0 saturated heterocycles. The Hall–Kier alpha value is -1.29. The molecular weight excluding hydrogens is 236 g/mol. The molecule has 0 radical (unpaired) electrons. The van der Waals surface area contributed by atoms with Gasteiger partial charge in [0.1, 0.15) is 0 Å². The zero-order chi connectivity index (χ0) is 13.9. The van der Waals surface area contributed by atoms with E-state index in [2.05, 4.69) is 0 Å². The van der Waals surface area contributed by atoms with E-state index in [0.29, 0.717) is 13.1 Å². The van der Waals surface area contributed by atoms with Crippen molar-refractivity contribution >= 4 is 5.78 Å². The Balaban J connectivity index is 3.17. The third kappa shape index (κ3) is 2.58. The fraction of sp³-hybridized carbons (Fsp3) is 0.500. The fourth-order valence-corrected chi connectivity index (χ4v) is 2.17. The SMILES string of the molecule is CCN(CC)C(C)(C)C(=O)c1cccc(F)c1F. The normalized spacial score (nSPS) is 11.9. The molecule has 0 amide bonds. The van der Waals surface area contributed by atoms with Crippen molar-refractivity contribution in [3.8, 4) is 0 Å². The summed E-state index contributed by atoms with van der Waals surface area (Å²) in [6.07, 6.45) is 0. The Kier molecular flexibility index (Phi) is 4.57. The number of likely N-dealkylation sites (N-methyl/N-ethyl adjacent to an activating group) is 1. The first-order valence-electron chi connectivity index (χ1n) is 6.10. The highest BCUT2D eigenvalue weighted by molar-refractivity contribution is 6.02. The lowest BCUT2D eigenvalue weighted by Crippen LogP contribution is -2.50. The second-order valence-corrected chi connectivity index (χ2v) is 4.66. The Morgan fingerprint density at radius 2 is 1.78 bits per heavy atom. The highest BCUT2D eigenvalue weighted by Crippen LogP contribution is 2.23. The van der Waals surface area contributed by atoms with Crippen molar-refractivity contribution in [2.45, 2.75) is 33.2 Å². The van der Waals surface area contributed by atoms with Gasteiger partial charge >= 0.3 is 0 Å². The minimum atomic E-state index is -1.07. The van der Waals surface area contributed by atoms with Crippen LogP contribution in [0.3, 0.4) is 0 Å². The maximum Gasteiger partial charge on any atom is 0.185 e. The van der Waals surface area contributed by atoms with Crippen LogP contribution in [0.4, 0.5) is 8.78 Å². The minimum Gasteiger partial charge on any atom is -0.292 e. The maximum absolute atomic E-state index is 13.6. The van der Waals surface area contributed by atoms with Crippen LogP contribution in [0.15, 0.2) is 18.2 Å². The van der Waals surface area contributed by atoms with Crippen LogP contribution in [0.25, 0.3) is 0 Å². The lowest BCUT2D eigenvalue weighted by Gasteiger charge is -2.35. The number of benzene rings is 1. The third-order valence-corrected chi connectivity index (χ3v) is 3.31. The van der Waals surface area contributed by atoms with Gasteiger partial charge in [0, 0.05) is 0 Å². The molecule has 0 spiro atoms. The number of carbonyl (C=O) groups is 1. The van der Waals surface area contributed by atoms with Gasteiger partial charge in [-0.05, 0) is 39.1 Å². The summed E-state index contributed by atoms with van der Waals surface area (Å²) in [6, 6.07) is 3.69. The van der Waals surface area contributed by atoms with Crippen molar-refractivity contribution in [2.24, 2.45) is 0 Å². The molecule has 0 bridgehead atoms. The van der Waals surface area contributed by atoms with Crippen LogP contribution in [0.5, 0.6) is 0 Å². The number of hydrogen-bond donors (Lipinski definition) is 0. The molecule has 0 atom stereocenters. The molecule has 1 aromatic carbocycles. The zero-order valence-electron chi connectivity index (χ0n) is 11.3. The third-order valence-electron chi connectivity index (χ3n) is 3.31. The van der Waals surface area contributed by atoms with Crippen molar-refractivity contribution in [1.82, 2.24) is 4.90 Å². The topological polar surface area (TPSA) is 20.3 Å². The van der Waals surface area contributed by atoms with Crippen LogP contribution in [-0.4, -0.2) is 29.3 Å². The van der Waals surface area contributed by atoms with E-state index in [4.69, 9.17) is 0 Å². The Labute approximate surface area is 107 Å². The molecule has 0 aliphatic carbocycles. The minimum absolute atomic E-state index is 0.188. The number of hydrogen-bond acceptors (Lipinski definition) is 2. The van der Waals surface area contributed by atoms with E-state index in [1.165, 1.54) is 12.1 Å². The first kappa shape index (κ1) is 14.8. The summed E-state index contributed by atoms with van der Waals surface area (Å²) < 4.78 is 26.8. The van der Waals surface area contributed by atoms with Crippen LogP contribution in [0.1, 0.15) is 38.1 Å². The number of halogens is 2. The van der Waals surface area contributed by atoms with Crippen molar-refractivity contribution in [3.05, 3.63) is 35.4 Å². The number of rotatable bonds is 5. The number of nitrogens with zero attached hydrogens (tertiary/aromatic N) is 1.